The quantitative estimate of drug-likeness (QED) is 0.718. The number of esters is 1. The lowest BCUT2D eigenvalue weighted by atomic mass is 10.3. The van der Waals surface area contributed by atoms with Gasteiger partial charge >= 0.3 is 5.97 Å². The average molecular weight is 219 g/mol. The van der Waals surface area contributed by atoms with E-state index in [1.807, 2.05) is 19.9 Å². The lowest BCUT2D eigenvalue weighted by Gasteiger charge is -2.03. The monoisotopic (exact) mass is 219 g/mol. The molecule has 0 spiro atoms. The number of ether oxygens (including phenoxy) is 1. The highest BCUT2D eigenvalue weighted by Gasteiger charge is 2.15. The topological polar surface area (TPSA) is 56.5 Å². The summed E-state index contributed by atoms with van der Waals surface area (Å²) in [5.41, 5.74) is 2.88. The van der Waals surface area contributed by atoms with Crippen molar-refractivity contribution < 1.29 is 9.53 Å². The summed E-state index contributed by atoms with van der Waals surface area (Å²) >= 11 is 0. The molecule has 0 saturated heterocycles. The molecule has 0 radical (unpaired) electrons. The van der Waals surface area contributed by atoms with Crippen molar-refractivity contribution in [2.75, 3.05) is 6.61 Å². The van der Waals surface area contributed by atoms with E-state index in [0.29, 0.717) is 17.9 Å². The van der Waals surface area contributed by atoms with Gasteiger partial charge in [-0.3, -0.25) is 0 Å². The van der Waals surface area contributed by atoms with Crippen LogP contribution >= 0.6 is 0 Å². The number of carbonyl (C=O) groups excluding carboxylic acids is 1. The third-order valence-corrected chi connectivity index (χ3v) is 2.26. The van der Waals surface area contributed by atoms with Crippen molar-refractivity contribution in [2.24, 2.45) is 0 Å². The molecule has 5 nitrogen and oxygen atoms in total. The van der Waals surface area contributed by atoms with E-state index < -0.39 is 5.97 Å². The van der Waals surface area contributed by atoms with E-state index in [1.54, 1.807) is 6.92 Å². The van der Waals surface area contributed by atoms with Crippen LogP contribution in [0.4, 0.5) is 0 Å². The third kappa shape index (κ3) is 1.64. The Balaban J connectivity index is 2.60. The first kappa shape index (κ1) is 10.6. The second kappa shape index (κ2) is 3.92. The Kier molecular flexibility index (Phi) is 2.60. The Labute approximate surface area is 93.1 Å². The van der Waals surface area contributed by atoms with Crippen LogP contribution in [0.3, 0.4) is 0 Å². The number of fused-ring (bicyclic) bond motifs is 1. The fourth-order valence-corrected chi connectivity index (χ4v) is 1.62. The Morgan fingerprint density at radius 3 is 2.94 bits per heavy atom. The van der Waals surface area contributed by atoms with Gasteiger partial charge in [0.05, 0.1) is 18.5 Å². The zero-order valence-electron chi connectivity index (χ0n) is 9.52. The summed E-state index contributed by atoms with van der Waals surface area (Å²) in [6, 6.07) is 1.93. The molecule has 0 N–H and O–H groups in total. The van der Waals surface area contributed by atoms with Crippen LogP contribution < -0.4 is 0 Å². The standard InChI is InChI=1S/C11H13N3O2/c1-4-16-11(15)9-6-12-10-7(2)5-8(3)13-14(9)10/h5-6H,4H2,1-3H3. The number of aromatic nitrogens is 3. The van der Waals surface area contributed by atoms with E-state index in [0.717, 1.165) is 11.3 Å². The molecule has 2 rings (SSSR count). The average Bonchev–Trinajstić information content (AvgIpc) is 2.61. The van der Waals surface area contributed by atoms with Crippen LogP contribution in [0.5, 0.6) is 0 Å². The van der Waals surface area contributed by atoms with E-state index in [2.05, 4.69) is 10.1 Å². The maximum atomic E-state index is 11.6. The predicted octanol–water partition coefficient (Wildman–Crippen LogP) is 1.52. The van der Waals surface area contributed by atoms with Crippen molar-refractivity contribution in [2.45, 2.75) is 20.8 Å². The highest BCUT2D eigenvalue weighted by atomic mass is 16.5. The minimum absolute atomic E-state index is 0.344. The molecule has 0 bridgehead atoms. The number of imidazole rings is 1. The summed E-state index contributed by atoms with van der Waals surface area (Å²) in [4.78, 5) is 15.8. The van der Waals surface area contributed by atoms with Gasteiger partial charge in [0.15, 0.2) is 11.3 Å². The van der Waals surface area contributed by atoms with E-state index in [1.165, 1.54) is 10.7 Å². The van der Waals surface area contributed by atoms with Gasteiger partial charge < -0.3 is 4.74 Å². The zero-order chi connectivity index (χ0) is 11.7. The molecule has 0 amide bonds. The second-order valence-corrected chi connectivity index (χ2v) is 3.57. The molecule has 2 aromatic rings. The Morgan fingerprint density at radius 1 is 1.50 bits per heavy atom. The molecule has 84 valence electrons. The smallest absolute Gasteiger partial charge is 0.358 e. The first-order valence-electron chi connectivity index (χ1n) is 5.12. The van der Waals surface area contributed by atoms with Gasteiger partial charge in [-0.2, -0.15) is 5.10 Å². The molecule has 2 heterocycles. The highest BCUT2D eigenvalue weighted by molar-refractivity contribution is 5.88. The molecule has 0 aliphatic rings. The molecule has 0 aliphatic carbocycles. The molecule has 0 aliphatic heterocycles. The van der Waals surface area contributed by atoms with Crippen LogP contribution in [-0.2, 0) is 4.74 Å². The molecule has 0 aromatic carbocycles. The largest absolute Gasteiger partial charge is 0.461 e. The van der Waals surface area contributed by atoms with Crippen molar-refractivity contribution in [1.82, 2.24) is 14.6 Å². The molecular formula is C11H13N3O2. The lowest BCUT2D eigenvalue weighted by Crippen LogP contribution is -2.10. The van der Waals surface area contributed by atoms with Crippen molar-refractivity contribution in [3.8, 4) is 0 Å². The minimum atomic E-state index is -0.396. The maximum Gasteiger partial charge on any atom is 0.358 e. The van der Waals surface area contributed by atoms with E-state index in [-0.39, 0.29) is 0 Å². The Bertz CT molecular complexity index is 545. The molecule has 0 saturated carbocycles. The van der Waals surface area contributed by atoms with Gasteiger partial charge in [0.2, 0.25) is 0 Å². The van der Waals surface area contributed by atoms with Crippen LogP contribution in [-0.4, -0.2) is 27.2 Å². The third-order valence-electron chi connectivity index (χ3n) is 2.26. The summed E-state index contributed by atoms with van der Waals surface area (Å²) in [5.74, 6) is -0.396. The summed E-state index contributed by atoms with van der Waals surface area (Å²) in [7, 11) is 0. The zero-order valence-corrected chi connectivity index (χ0v) is 9.52. The summed E-state index contributed by atoms with van der Waals surface area (Å²) < 4.78 is 6.46. The van der Waals surface area contributed by atoms with Crippen LogP contribution in [0.1, 0.15) is 28.7 Å². The van der Waals surface area contributed by atoms with E-state index in [9.17, 15) is 4.79 Å². The van der Waals surface area contributed by atoms with E-state index in [4.69, 9.17) is 4.74 Å². The van der Waals surface area contributed by atoms with Crippen LogP contribution in [0.25, 0.3) is 5.65 Å². The molecule has 5 heteroatoms. The molecule has 0 fully saturated rings. The van der Waals surface area contributed by atoms with Crippen LogP contribution in [0, 0.1) is 13.8 Å². The fraction of sp³-hybridized carbons (Fsp3) is 0.364. The van der Waals surface area contributed by atoms with Gasteiger partial charge in [-0.25, -0.2) is 14.3 Å². The van der Waals surface area contributed by atoms with Gasteiger partial charge in [0.25, 0.3) is 0 Å². The minimum Gasteiger partial charge on any atom is -0.461 e. The molecular weight excluding hydrogens is 206 g/mol. The number of hydrogen-bond donors (Lipinski definition) is 0. The normalized spacial score (nSPS) is 10.7. The fourth-order valence-electron chi connectivity index (χ4n) is 1.62. The number of nitrogens with zero attached hydrogens (tertiary/aromatic N) is 3. The maximum absolute atomic E-state index is 11.6. The SMILES string of the molecule is CCOC(=O)c1cnc2c(C)cc(C)nn12. The lowest BCUT2D eigenvalue weighted by molar-refractivity contribution is 0.0516. The van der Waals surface area contributed by atoms with E-state index >= 15 is 0 Å². The first-order chi connectivity index (χ1) is 7.63. The van der Waals surface area contributed by atoms with Crippen LogP contribution in [0.2, 0.25) is 0 Å². The Morgan fingerprint density at radius 2 is 2.25 bits per heavy atom. The molecule has 0 unspecified atom stereocenters. The number of carbonyl (C=O) groups is 1. The Hall–Kier alpha value is -1.91. The van der Waals surface area contributed by atoms with Crippen LogP contribution in [0.15, 0.2) is 12.3 Å². The first-order valence-corrected chi connectivity index (χ1v) is 5.12. The van der Waals surface area contributed by atoms with Gasteiger partial charge in [-0.05, 0) is 32.4 Å². The van der Waals surface area contributed by atoms with Crippen molar-refractivity contribution in [3.63, 3.8) is 0 Å². The van der Waals surface area contributed by atoms with Gasteiger partial charge in [0.1, 0.15) is 0 Å². The summed E-state index contributed by atoms with van der Waals surface area (Å²) in [5, 5.41) is 4.25. The molecule has 2 aromatic heterocycles. The molecule has 0 atom stereocenters. The number of hydrogen-bond acceptors (Lipinski definition) is 4. The summed E-state index contributed by atoms with van der Waals surface area (Å²) in [6.45, 7) is 5.93. The highest BCUT2D eigenvalue weighted by Crippen LogP contribution is 2.11. The number of aryl methyl sites for hydroxylation is 2. The second-order valence-electron chi connectivity index (χ2n) is 3.57. The van der Waals surface area contributed by atoms with Gasteiger partial charge in [-0.1, -0.05) is 0 Å². The molecule has 16 heavy (non-hydrogen) atoms. The van der Waals surface area contributed by atoms with Crippen molar-refractivity contribution in [1.29, 1.82) is 0 Å². The number of rotatable bonds is 2. The van der Waals surface area contributed by atoms with Gasteiger partial charge in [-0.15, -0.1) is 0 Å². The van der Waals surface area contributed by atoms with Gasteiger partial charge in [0, 0.05) is 0 Å². The van der Waals surface area contributed by atoms with Crippen molar-refractivity contribution in [3.05, 3.63) is 29.2 Å². The predicted molar refractivity (Wildman–Crippen MR) is 58.4 cm³/mol. The summed E-state index contributed by atoms with van der Waals surface area (Å²) in [6.07, 6.45) is 1.49. The van der Waals surface area contributed by atoms with Crippen molar-refractivity contribution >= 4 is 11.6 Å².